The second-order valence-corrected chi connectivity index (χ2v) is 12.3. The zero-order valence-electron chi connectivity index (χ0n) is 24.5. The van der Waals surface area contributed by atoms with Gasteiger partial charge in [-0.2, -0.15) is 10.2 Å². The second-order valence-electron chi connectivity index (χ2n) is 12.3. The first kappa shape index (κ1) is 30.7. The van der Waals surface area contributed by atoms with E-state index >= 15 is 0 Å². The third-order valence-electron chi connectivity index (χ3n) is 8.37. The molecule has 2 N–H and O–H groups in total. The van der Waals surface area contributed by atoms with Crippen molar-refractivity contribution in [1.82, 2.24) is 35.0 Å². The number of rotatable bonds is 10. The van der Waals surface area contributed by atoms with Gasteiger partial charge in [0, 0.05) is 49.9 Å². The van der Waals surface area contributed by atoms with Crippen LogP contribution in [0.4, 0.5) is 17.6 Å². The number of alkyl halides is 4. The summed E-state index contributed by atoms with van der Waals surface area (Å²) in [5, 5.41) is 14.6. The van der Waals surface area contributed by atoms with Crippen LogP contribution in [0.15, 0.2) is 42.9 Å². The summed E-state index contributed by atoms with van der Waals surface area (Å²) in [7, 11) is 0. The molecule has 3 aromatic heterocycles. The number of nitrogens with one attached hydrogen (secondary N) is 2. The Morgan fingerprint density at radius 1 is 1.09 bits per heavy atom. The molecule has 0 aliphatic heterocycles. The number of imidazole rings is 1. The van der Waals surface area contributed by atoms with Crippen LogP contribution in [-0.4, -0.2) is 48.0 Å². The number of fused-ring (bicyclic) bond motifs is 1. The lowest BCUT2D eigenvalue weighted by Crippen LogP contribution is -2.39. The Labute approximate surface area is 247 Å². The number of carbonyl (C=O) groups is 2. The summed E-state index contributed by atoms with van der Waals surface area (Å²) in [6.45, 7) is 9.53. The predicted molar refractivity (Wildman–Crippen MR) is 151 cm³/mol. The molecule has 0 spiro atoms. The highest BCUT2D eigenvalue weighted by molar-refractivity contribution is 5.92. The van der Waals surface area contributed by atoms with Gasteiger partial charge in [0.05, 0.1) is 30.2 Å². The number of halogens is 4. The van der Waals surface area contributed by atoms with E-state index in [-0.39, 0.29) is 74.6 Å². The van der Waals surface area contributed by atoms with Crippen LogP contribution >= 0.6 is 0 Å². The molecule has 2 atom stereocenters. The summed E-state index contributed by atoms with van der Waals surface area (Å²) >= 11 is 0. The van der Waals surface area contributed by atoms with Crippen molar-refractivity contribution in [2.24, 2.45) is 11.8 Å². The summed E-state index contributed by atoms with van der Waals surface area (Å²) in [6.07, 6.45) is 4.06. The van der Waals surface area contributed by atoms with Crippen LogP contribution in [0.1, 0.15) is 106 Å². The van der Waals surface area contributed by atoms with Gasteiger partial charge in [0.25, 0.3) is 5.91 Å². The van der Waals surface area contributed by atoms with Gasteiger partial charge in [-0.15, -0.1) is 0 Å². The molecule has 0 radical (unpaired) electrons. The van der Waals surface area contributed by atoms with Crippen LogP contribution in [0.3, 0.4) is 0 Å². The highest BCUT2D eigenvalue weighted by atomic mass is 19.3. The zero-order valence-corrected chi connectivity index (χ0v) is 24.5. The van der Waals surface area contributed by atoms with E-state index in [2.05, 4.69) is 27.4 Å². The molecule has 43 heavy (non-hydrogen) atoms. The molecule has 13 heteroatoms. The Hall–Kier alpha value is -3.77. The molecule has 3 heterocycles. The van der Waals surface area contributed by atoms with Gasteiger partial charge in [0.15, 0.2) is 5.65 Å². The van der Waals surface area contributed by atoms with Crippen LogP contribution in [0.25, 0.3) is 5.65 Å². The minimum Gasteiger partial charge on any atom is -0.345 e. The molecule has 1 unspecified atom stereocenters. The van der Waals surface area contributed by atoms with Gasteiger partial charge in [0.2, 0.25) is 17.8 Å². The second kappa shape index (κ2) is 11.7. The smallest absolute Gasteiger partial charge is 0.270 e. The molecule has 9 nitrogen and oxygen atoms in total. The van der Waals surface area contributed by atoms with Crippen molar-refractivity contribution in [2.45, 2.75) is 95.7 Å². The quantitative estimate of drug-likeness (QED) is 0.219. The fourth-order valence-corrected chi connectivity index (χ4v) is 6.07. The fraction of sp³-hybridized carbons (Fsp3) is 0.567. The van der Waals surface area contributed by atoms with Crippen molar-refractivity contribution in [3.8, 4) is 0 Å². The maximum atomic E-state index is 14.0. The van der Waals surface area contributed by atoms with E-state index in [1.165, 1.54) is 4.52 Å². The van der Waals surface area contributed by atoms with Gasteiger partial charge in [-0.3, -0.25) is 14.3 Å². The summed E-state index contributed by atoms with van der Waals surface area (Å²) < 4.78 is 57.7. The monoisotopic (exact) mass is 603 g/mol. The van der Waals surface area contributed by atoms with Crippen molar-refractivity contribution in [3.05, 3.63) is 59.8 Å². The van der Waals surface area contributed by atoms with E-state index in [1.807, 2.05) is 13.8 Å². The Morgan fingerprint density at radius 3 is 2.42 bits per heavy atom. The molecular weight excluding hydrogens is 566 g/mol. The average Bonchev–Trinajstić information content (AvgIpc) is 3.56. The van der Waals surface area contributed by atoms with Crippen molar-refractivity contribution >= 4 is 17.5 Å². The van der Waals surface area contributed by atoms with E-state index in [0.717, 1.165) is 0 Å². The van der Waals surface area contributed by atoms with E-state index in [9.17, 15) is 27.2 Å². The lowest BCUT2D eigenvalue weighted by atomic mass is 9.79. The Kier molecular flexibility index (Phi) is 8.36. The van der Waals surface area contributed by atoms with E-state index in [0.29, 0.717) is 28.2 Å². The van der Waals surface area contributed by atoms with Gasteiger partial charge in [-0.1, -0.05) is 12.2 Å². The first-order chi connectivity index (χ1) is 20.2. The number of carbonyl (C=O) groups excluding carboxylic acids is 2. The van der Waals surface area contributed by atoms with E-state index < -0.39 is 23.9 Å². The standard InChI is InChI=1S/C30H37F4N7O2/c1-17(2)26(38-25(42)11-19-13-30(33,34)14-19)21-12-24-37-22(16-40(24)36-15-21)27(20-5-8-29(31,32)9-6-20)39-28(43)23-7-10-35-41(23)18(3)4/h7,10,12,15-16,18-20,26-27H,1,5-6,8-9,11,13-14H2,2-4H3,(H,38,42)(H,39,43)/t26?,27-/m0/s1. The topological polar surface area (TPSA) is 106 Å². The van der Waals surface area contributed by atoms with Gasteiger partial charge < -0.3 is 10.6 Å². The SMILES string of the molecule is C=C(C)C(NC(=O)CC1CC(F)(F)C1)c1cnn2cc([C@@H](NC(=O)c3ccnn3C(C)C)C3CCC(F)(F)CC3)nc2c1. The lowest BCUT2D eigenvalue weighted by molar-refractivity contribution is -0.134. The van der Waals surface area contributed by atoms with Crippen molar-refractivity contribution in [3.63, 3.8) is 0 Å². The molecule has 2 amide bonds. The van der Waals surface area contributed by atoms with Crippen LogP contribution in [0.2, 0.25) is 0 Å². The molecular formula is C30H37F4N7O2. The van der Waals surface area contributed by atoms with Gasteiger partial charge in [0.1, 0.15) is 5.69 Å². The first-order valence-corrected chi connectivity index (χ1v) is 14.6. The Morgan fingerprint density at radius 2 is 1.79 bits per heavy atom. The molecule has 2 saturated carbocycles. The minimum absolute atomic E-state index is 0.0000916. The molecule has 0 saturated heterocycles. The third kappa shape index (κ3) is 6.91. The molecule has 3 aromatic rings. The molecule has 232 valence electrons. The lowest BCUT2D eigenvalue weighted by Gasteiger charge is -2.34. The first-order valence-electron chi connectivity index (χ1n) is 14.6. The van der Waals surface area contributed by atoms with Crippen LogP contribution in [0.5, 0.6) is 0 Å². The van der Waals surface area contributed by atoms with Gasteiger partial charge >= 0.3 is 0 Å². The Balaban J connectivity index is 1.39. The summed E-state index contributed by atoms with van der Waals surface area (Å²) in [5.41, 5.74) is 2.49. The van der Waals surface area contributed by atoms with Crippen molar-refractivity contribution in [2.75, 3.05) is 0 Å². The number of hydrogen-bond acceptors (Lipinski definition) is 5. The largest absolute Gasteiger partial charge is 0.345 e. The molecule has 2 aliphatic carbocycles. The maximum Gasteiger partial charge on any atom is 0.270 e. The molecule has 2 aliphatic rings. The number of nitrogens with zero attached hydrogens (tertiary/aromatic N) is 5. The average molecular weight is 604 g/mol. The van der Waals surface area contributed by atoms with Crippen LogP contribution in [-0.2, 0) is 4.79 Å². The summed E-state index contributed by atoms with van der Waals surface area (Å²) in [6, 6.07) is 2.02. The Bertz CT molecular complexity index is 1500. The predicted octanol–water partition coefficient (Wildman–Crippen LogP) is 5.97. The maximum absolute atomic E-state index is 14.0. The van der Waals surface area contributed by atoms with Crippen molar-refractivity contribution in [1.29, 1.82) is 0 Å². The summed E-state index contributed by atoms with van der Waals surface area (Å²) in [4.78, 5) is 30.8. The van der Waals surface area contributed by atoms with E-state index in [1.54, 1.807) is 42.3 Å². The zero-order chi connectivity index (χ0) is 31.1. The highest BCUT2D eigenvalue weighted by Crippen LogP contribution is 2.44. The molecule has 0 bridgehead atoms. The van der Waals surface area contributed by atoms with Gasteiger partial charge in [-0.05, 0) is 57.6 Å². The third-order valence-corrected chi connectivity index (χ3v) is 8.37. The fourth-order valence-electron chi connectivity index (χ4n) is 6.07. The number of amides is 2. The number of aromatic nitrogens is 5. The van der Waals surface area contributed by atoms with Crippen LogP contribution in [0, 0.1) is 11.8 Å². The minimum atomic E-state index is -2.74. The summed E-state index contributed by atoms with van der Waals surface area (Å²) in [5.74, 6) is -6.80. The molecule has 5 rings (SSSR count). The van der Waals surface area contributed by atoms with Crippen LogP contribution < -0.4 is 10.6 Å². The number of hydrogen-bond donors (Lipinski definition) is 2. The normalized spacial score (nSPS) is 20.0. The molecule has 2 fully saturated rings. The van der Waals surface area contributed by atoms with E-state index in [4.69, 9.17) is 4.98 Å². The van der Waals surface area contributed by atoms with Gasteiger partial charge in [-0.25, -0.2) is 27.1 Å². The molecule has 0 aromatic carbocycles. The highest BCUT2D eigenvalue weighted by Gasteiger charge is 2.46. The van der Waals surface area contributed by atoms with Crippen molar-refractivity contribution < 1.29 is 27.2 Å².